The van der Waals surface area contributed by atoms with Gasteiger partial charge >= 0.3 is 6.03 Å². The molecule has 0 aliphatic rings. The van der Waals surface area contributed by atoms with Crippen LogP contribution in [0, 0.1) is 6.92 Å². The van der Waals surface area contributed by atoms with Gasteiger partial charge in [0.1, 0.15) is 12.4 Å². The fourth-order valence-electron chi connectivity index (χ4n) is 2.22. The second-order valence-corrected chi connectivity index (χ2v) is 5.56. The average Bonchev–Trinajstić information content (AvgIpc) is 2.59. The number of anilines is 2. The summed E-state index contributed by atoms with van der Waals surface area (Å²) in [5.41, 5.74) is 2.92. The van der Waals surface area contributed by atoms with Crippen LogP contribution in [0.1, 0.15) is 12.5 Å². The number of nitrogens with one attached hydrogen (secondary N) is 2. The van der Waals surface area contributed by atoms with E-state index >= 15 is 0 Å². The molecule has 0 aliphatic carbocycles. The molecule has 2 aromatic carbocycles. The van der Waals surface area contributed by atoms with E-state index in [0.29, 0.717) is 13.2 Å². The number of ether oxygens (including phenoxy) is 1. The first-order valence-electron chi connectivity index (χ1n) is 8.14. The number of carbonyl (C=O) groups excluding carboxylic acids is 1. The van der Waals surface area contributed by atoms with E-state index in [0.717, 1.165) is 29.2 Å². The Morgan fingerprint density at radius 2 is 1.96 bits per heavy atom. The van der Waals surface area contributed by atoms with Gasteiger partial charge in [-0.1, -0.05) is 24.3 Å². The van der Waals surface area contributed by atoms with Crippen molar-refractivity contribution in [1.29, 1.82) is 0 Å². The van der Waals surface area contributed by atoms with Gasteiger partial charge in [-0.05, 0) is 43.7 Å². The number of rotatable bonds is 7. The summed E-state index contributed by atoms with van der Waals surface area (Å²) >= 11 is 0. The van der Waals surface area contributed by atoms with Crippen LogP contribution < -0.4 is 20.3 Å². The molecule has 0 heterocycles. The zero-order valence-corrected chi connectivity index (χ0v) is 14.5. The van der Waals surface area contributed by atoms with E-state index in [2.05, 4.69) is 22.5 Å². The maximum atomic E-state index is 12.0. The minimum absolute atomic E-state index is 0.236. The molecule has 24 heavy (non-hydrogen) atoms. The second-order valence-electron chi connectivity index (χ2n) is 5.56. The van der Waals surface area contributed by atoms with Gasteiger partial charge in [-0.15, -0.1) is 0 Å². The highest BCUT2D eigenvalue weighted by Gasteiger charge is 2.04. The summed E-state index contributed by atoms with van der Waals surface area (Å²) in [6.45, 7) is 5.86. The van der Waals surface area contributed by atoms with Crippen LogP contribution in [0.2, 0.25) is 0 Å². The highest BCUT2D eigenvalue weighted by molar-refractivity contribution is 5.89. The van der Waals surface area contributed by atoms with Crippen molar-refractivity contribution in [3.8, 4) is 5.75 Å². The molecule has 0 saturated carbocycles. The molecule has 0 atom stereocenters. The van der Waals surface area contributed by atoms with Crippen LogP contribution in [-0.4, -0.2) is 32.8 Å². The lowest BCUT2D eigenvalue weighted by molar-refractivity contribution is 0.247. The lowest BCUT2D eigenvalue weighted by Gasteiger charge is -2.17. The molecular weight excluding hydrogens is 302 g/mol. The van der Waals surface area contributed by atoms with Crippen LogP contribution in [-0.2, 0) is 0 Å². The molecule has 0 aromatic heterocycles. The quantitative estimate of drug-likeness (QED) is 0.763. The van der Waals surface area contributed by atoms with Crippen molar-refractivity contribution >= 4 is 17.4 Å². The fraction of sp³-hybridized carbons (Fsp3) is 0.316. The van der Waals surface area contributed by atoms with Gasteiger partial charge in [0.15, 0.2) is 0 Å². The summed E-state index contributed by atoms with van der Waals surface area (Å²) < 4.78 is 5.65. The van der Waals surface area contributed by atoms with Crippen LogP contribution in [0.25, 0.3) is 0 Å². The lowest BCUT2D eigenvalue weighted by Crippen LogP contribution is -2.32. The third kappa shape index (κ3) is 5.19. The van der Waals surface area contributed by atoms with Crippen molar-refractivity contribution in [2.75, 3.05) is 37.0 Å². The number of para-hydroxylation sites is 1. The number of hydrogen-bond donors (Lipinski definition) is 2. The van der Waals surface area contributed by atoms with E-state index in [-0.39, 0.29) is 6.03 Å². The molecule has 128 valence electrons. The molecule has 2 rings (SSSR count). The SMILES string of the molecule is CCN(C)c1cccc(NC(=O)NCCOc2ccccc2C)c1. The maximum absolute atomic E-state index is 12.0. The fourth-order valence-corrected chi connectivity index (χ4v) is 2.22. The van der Waals surface area contributed by atoms with Crippen LogP contribution >= 0.6 is 0 Å². The molecule has 2 amide bonds. The number of aryl methyl sites for hydroxylation is 1. The van der Waals surface area contributed by atoms with Crippen molar-refractivity contribution in [2.24, 2.45) is 0 Å². The van der Waals surface area contributed by atoms with E-state index in [1.165, 1.54) is 0 Å². The van der Waals surface area contributed by atoms with E-state index in [4.69, 9.17) is 4.74 Å². The standard InChI is InChI=1S/C19H25N3O2/c1-4-22(3)17-10-7-9-16(14-17)21-19(23)20-12-13-24-18-11-6-5-8-15(18)2/h5-11,14H,4,12-13H2,1-3H3,(H2,20,21,23). The molecule has 0 bridgehead atoms. The minimum Gasteiger partial charge on any atom is -0.491 e. The maximum Gasteiger partial charge on any atom is 0.319 e. The number of hydrogen-bond acceptors (Lipinski definition) is 3. The molecule has 0 fully saturated rings. The van der Waals surface area contributed by atoms with Crippen LogP contribution in [0.5, 0.6) is 5.75 Å². The van der Waals surface area contributed by atoms with Crippen LogP contribution in [0.15, 0.2) is 48.5 Å². The molecule has 0 saturated heterocycles. The van der Waals surface area contributed by atoms with Gasteiger partial charge in [-0.25, -0.2) is 4.79 Å². The molecule has 5 heteroatoms. The van der Waals surface area contributed by atoms with E-state index in [9.17, 15) is 4.79 Å². The van der Waals surface area contributed by atoms with Gasteiger partial charge in [0, 0.05) is 25.0 Å². The average molecular weight is 327 g/mol. The van der Waals surface area contributed by atoms with E-state index in [1.54, 1.807) is 0 Å². The van der Waals surface area contributed by atoms with Gasteiger partial charge in [-0.2, -0.15) is 0 Å². The Kier molecular flexibility index (Phi) is 6.49. The number of urea groups is 1. The summed E-state index contributed by atoms with van der Waals surface area (Å²) in [4.78, 5) is 14.1. The van der Waals surface area contributed by atoms with Gasteiger partial charge in [0.05, 0.1) is 6.54 Å². The third-order valence-electron chi connectivity index (χ3n) is 3.76. The van der Waals surface area contributed by atoms with Gasteiger partial charge in [0.2, 0.25) is 0 Å². The third-order valence-corrected chi connectivity index (χ3v) is 3.76. The van der Waals surface area contributed by atoms with Gasteiger partial charge < -0.3 is 20.3 Å². The Bertz CT molecular complexity index is 673. The van der Waals surface area contributed by atoms with E-state index < -0.39 is 0 Å². The number of nitrogens with zero attached hydrogens (tertiary/aromatic N) is 1. The van der Waals surface area contributed by atoms with Crippen molar-refractivity contribution in [2.45, 2.75) is 13.8 Å². The number of amides is 2. The predicted molar refractivity (Wildman–Crippen MR) is 99.1 cm³/mol. The number of carbonyl (C=O) groups is 1. The van der Waals surface area contributed by atoms with Gasteiger partial charge in [-0.3, -0.25) is 0 Å². The first-order valence-corrected chi connectivity index (χ1v) is 8.14. The Hall–Kier alpha value is -2.69. The number of benzene rings is 2. The molecule has 0 unspecified atom stereocenters. The highest BCUT2D eigenvalue weighted by atomic mass is 16.5. The Labute approximate surface area is 143 Å². The topological polar surface area (TPSA) is 53.6 Å². The molecular formula is C19H25N3O2. The summed E-state index contributed by atoms with van der Waals surface area (Å²) in [5.74, 6) is 0.843. The second kappa shape index (κ2) is 8.82. The van der Waals surface area contributed by atoms with E-state index in [1.807, 2.05) is 62.5 Å². The first-order chi connectivity index (χ1) is 11.6. The minimum atomic E-state index is -0.236. The summed E-state index contributed by atoms with van der Waals surface area (Å²) in [6, 6.07) is 15.4. The molecule has 0 aliphatic heterocycles. The van der Waals surface area contributed by atoms with Crippen molar-refractivity contribution in [3.05, 3.63) is 54.1 Å². The zero-order valence-electron chi connectivity index (χ0n) is 14.5. The molecule has 0 radical (unpaired) electrons. The summed E-state index contributed by atoms with van der Waals surface area (Å²) in [5, 5.41) is 5.63. The Morgan fingerprint density at radius 1 is 1.17 bits per heavy atom. The predicted octanol–water partition coefficient (Wildman–Crippen LogP) is 3.65. The zero-order chi connectivity index (χ0) is 17.4. The first kappa shape index (κ1) is 17.7. The monoisotopic (exact) mass is 327 g/mol. The Morgan fingerprint density at radius 3 is 2.71 bits per heavy atom. The van der Waals surface area contributed by atoms with Crippen LogP contribution in [0.4, 0.5) is 16.2 Å². The molecule has 5 nitrogen and oxygen atoms in total. The van der Waals surface area contributed by atoms with Crippen molar-refractivity contribution in [3.63, 3.8) is 0 Å². The molecule has 2 aromatic rings. The summed E-state index contributed by atoms with van der Waals surface area (Å²) in [7, 11) is 2.02. The summed E-state index contributed by atoms with van der Waals surface area (Å²) in [6.07, 6.45) is 0. The smallest absolute Gasteiger partial charge is 0.319 e. The Balaban J connectivity index is 1.76. The molecule has 0 spiro atoms. The van der Waals surface area contributed by atoms with Gasteiger partial charge in [0.25, 0.3) is 0 Å². The molecule has 2 N–H and O–H groups in total. The normalized spacial score (nSPS) is 10.1. The van der Waals surface area contributed by atoms with Crippen molar-refractivity contribution < 1.29 is 9.53 Å². The lowest BCUT2D eigenvalue weighted by atomic mass is 10.2. The van der Waals surface area contributed by atoms with Crippen LogP contribution in [0.3, 0.4) is 0 Å². The largest absolute Gasteiger partial charge is 0.491 e. The highest BCUT2D eigenvalue weighted by Crippen LogP contribution is 2.18. The van der Waals surface area contributed by atoms with Crippen molar-refractivity contribution in [1.82, 2.24) is 5.32 Å².